The maximum atomic E-state index is 12.6. The van der Waals surface area contributed by atoms with Gasteiger partial charge in [0, 0.05) is 24.3 Å². The van der Waals surface area contributed by atoms with Crippen LogP contribution in [0.5, 0.6) is 17.2 Å². The Morgan fingerprint density at radius 2 is 1.78 bits per heavy atom. The SMILES string of the molecule is Cc1cccc(NC(=O)COc2ccc(-c3ccc4c(c3)OCO4)cc2CN(C)Cc2nonc2C)c1. The third-order valence-electron chi connectivity index (χ3n) is 6.03. The van der Waals surface area contributed by atoms with Crippen LogP contribution in [-0.4, -0.2) is 41.6 Å². The number of amides is 1. The number of hydrogen-bond acceptors (Lipinski definition) is 8. The van der Waals surface area contributed by atoms with Crippen LogP contribution in [-0.2, 0) is 17.9 Å². The van der Waals surface area contributed by atoms with E-state index in [0.29, 0.717) is 18.8 Å². The zero-order chi connectivity index (χ0) is 25.8. The number of nitrogens with zero attached hydrogens (tertiary/aromatic N) is 3. The lowest BCUT2D eigenvalue weighted by molar-refractivity contribution is -0.118. The Morgan fingerprint density at radius 3 is 2.59 bits per heavy atom. The van der Waals surface area contributed by atoms with Crippen molar-refractivity contribution in [1.82, 2.24) is 15.2 Å². The van der Waals surface area contributed by atoms with E-state index in [1.807, 2.05) is 75.5 Å². The normalized spacial score (nSPS) is 12.1. The van der Waals surface area contributed by atoms with Gasteiger partial charge in [-0.2, -0.15) is 0 Å². The number of anilines is 1. The van der Waals surface area contributed by atoms with Gasteiger partial charge in [-0.3, -0.25) is 9.69 Å². The molecule has 0 radical (unpaired) electrons. The number of nitrogens with one attached hydrogen (secondary N) is 1. The lowest BCUT2D eigenvalue weighted by Crippen LogP contribution is -2.22. The van der Waals surface area contributed by atoms with Crippen molar-refractivity contribution in [1.29, 1.82) is 0 Å². The number of aryl methyl sites for hydroxylation is 2. The molecule has 1 aliphatic heterocycles. The lowest BCUT2D eigenvalue weighted by atomic mass is 10.0. The van der Waals surface area contributed by atoms with Crippen LogP contribution in [0, 0.1) is 13.8 Å². The summed E-state index contributed by atoms with van der Waals surface area (Å²) in [6, 6.07) is 19.5. The van der Waals surface area contributed by atoms with Gasteiger partial charge in [0.1, 0.15) is 17.1 Å². The van der Waals surface area contributed by atoms with Gasteiger partial charge in [-0.25, -0.2) is 4.63 Å². The smallest absolute Gasteiger partial charge is 0.262 e. The number of hydrogen-bond donors (Lipinski definition) is 1. The summed E-state index contributed by atoms with van der Waals surface area (Å²) in [7, 11) is 1.98. The minimum Gasteiger partial charge on any atom is -0.483 e. The van der Waals surface area contributed by atoms with Crippen LogP contribution < -0.4 is 19.5 Å². The quantitative estimate of drug-likeness (QED) is 0.352. The average molecular weight is 501 g/mol. The Morgan fingerprint density at radius 1 is 0.973 bits per heavy atom. The molecule has 0 aliphatic carbocycles. The Labute approximate surface area is 214 Å². The lowest BCUT2D eigenvalue weighted by Gasteiger charge is -2.19. The monoisotopic (exact) mass is 500 g/mol. The molecule has 0 saturated carbocycles. The van der Waals surface area contributed by atoms with Crippen molar-refractivity contribution in [2.75, 3.05) is 25.8 Å². The van der Waals surface area contributed by atoms with Gasteiger partial charge in [0.05, 0.1) is 0 Å². The highest BCUT2D eigenvalue weighted by molar-refractivity contribution is 5.92. The van der Waals surface area contributed by atoms with Crippen LogP contribution in [0.15, 0.2) is 65.3 Å². The largest absolute Gasteiger partial charge is 0.483 e. The van der Waals surface area contributed by atoms with Gasteiger partial charge < -0.3 is 19.5 Å². The molecule has 0 unspecified atom stereocenters. The standard InChI is InChI=1S/C28H28N4O5/c1-18-5-4-6-23(11-18)29-28(33)16-34-25-9-7-20(21-8-10-26-27(13-21)36-17-35-26)12-22(25)14-32(3)15-24-19(2)30-37-31-24/h4-13H,14-17H2,1-3H3,(H,29,33). The fourth-order valence-electron chi connectivity index (χ4n) is 4.16. The van der Waals surface area contributed by atoms with E-state index >= 15 is 0 Å². The summed E-state index contributed by atoms with van der Waals surface area (Å²) in [4.78, 5) is 14.7. The predicted molar refractivity (Wildman–Crippen MR) is 138 cm³/mol. The van der Waals surface area contributed by atoms with E-state index in [-0.39, 0.29) is 19.3 Å². The van der Waals surface area contributed by atoms with Gasteiger partial charge in [-0.05, 0) is 74.0 Å². The second kappa shape index (κ2) is 10.7. The van der Waals surface area contributed by atoms with Crippen molar-refractivity contribution in [3.63, 3.8) is 0 Å². The Kier molecular flexibility index (Phi) is 7.04. The average Bonchev–Trinajstić information content (AvgIpc) is 3.51. The summed E-state index contributed by atoms with van der Waals surface area (Å²) < 4.78 is 21.8. The van der Waals surface area contributed by atoms with Gasteiger partial charge in [-0.15, -0.1) is 0 Å². The van der Waals surface area contributed by atoms with Crippen LogP contribution in [0.1, 0.15) is 22.5 Å². The molecule has 5 rings (SSSR count). The van der Waals surface area contributed by atoms with Gasteiger partial charge >= 0.3 is 0 Å². The van der Waals surface area contributed by atoms with Crippen molar-refractivity contribution in [3.8, 4) is 28.4 Å². The molecule has 37 heavy (non-hydrogen) atoms. The van der Waals surface area contributed by atoms with E-state index in [1.54, 1.807) is 0 Å². The summed E-state index contributed by atoms with van der Waals surface area (Å²) in [5, 5.41) is 10.7. The van der Waals surface area contributed by atoms with Crippen molar-refractivity contribution in [2.24, 2.45) is 0 Å². The summed E-state index contributed by atoms with van der Waals surface area (Å²) in [6.07, 6.45) is 0. The zero-order valence-electron chi connectivity index (χ0n) is 21.0. The molecule has 0 saturated heterocycles. The van der Waals surface area contributed by atoms with Crippen molar-refractivity contribution in [2.45, 2.75) is 26.9 Å². The minimum atomic E-state index is -0.228. The van der Waals surface area contributed by atoms with E-state index in [2.05, 4.69) is 26.6 Å². The number of fused-ring (bicyclic) bond motifs is 1. The molecular formula is C28H28N4O5. The molecule has 4 aromatic rings. The molecule has 1 amide bonds. The fraction of sp³-hybridized carbons (Fsp3) is 0.250. The minimum absolute atomic E-state index is 0.111. The molecule has 0 spiro atoms. The van der Waals surface area contributed by atoms with Crippen molar-refractivity contribution in [3.05, 3.63) is 83.2 Å². The van der Waals surface area contributed by atoms with Crippen LogP contribution in [0.2, 0.25) is 0 Å². The van der Waals surface area contributed by atoms with Gasteiger partial charge in [0.2, 0.25) is 6.79 Å². The van der Waals surface area contributed by atoms with E-state index in [9.17, 15) is 4.79 Å². The molecule has 1 aromatic heterocycles. The third kappa shape index (κ3) is 5.90. The number of carbonyl (C=O) groups excluding carboxylic acids is 1. The first kappa shape index (κ1) is 24.3. The number of ether oxygens (including phenoxy) is 3. The Bertz CT molecular complexity index is 1420. The first-order chi connectivity index (χ1) is 17.9. The third-order valence-corrected chi connectivity index (χ3v) is 6.03. The van der Waals surface area contributed by atoms with E-state index in [0.717, 1.165) is 50.8 Å². The van der Waals surface area contributed by atoms with Crippen LogP contribution >= 0.6 is 0 Å². The summed E-state index contributed by atoms with van der Waals surface area (Å²) in [6.45, 7) is 5.06. The van der Waals surface area contributed by atoms with Crippen LogP contribution in [0.3, 0.4) is 0 Å². The van der Waals surface area contributed by atoms with E-state index in [1.165, 1.54) is 0 Å². The molecule has 1 N–H and O–H groups in total. The zero-order valence-corrected chi connectivity index (χ0v) is 21.0. The Hall–Kier alpha value is -4.37. The molecule has 9 nitrogen and oxygen atoms in total. The molecule has 0 fully saturated rings. The van der Waals surface area contributed by atoms with Crippen LogP contribution in [0.25, 0.3) is 11.1 Å². The molecule has 3 aromatic carbocycles. The molecule has 1 aliphatic rings. The highest BCUT2D eigenvalue weighted by atomic mass is 16.7. The van der Waals surface area contributed by atoms with Crippen molar-refractivity contribution >= 4 is 11.6 Å². The van der Waals surface area contributed by atoms with E-state index < -0.39 is 0 Å². The first-order valence-corrected chi connectivity index (χ1v) is 11.9. The first-order valence-electron chi connectivity index (χ1n) is 11.9. The summed E-state index contributed by atoms with van der Waals surface area (Å²) >= 11 is 0. The molecular weight excluding hydrogens is 472 g/mol. The van der Waals surface area contributed by atoms with Gasteiger partial charge in [0.15, 0.2) is 18.1 Å². The maximum Gasteiger partial charge on any atom is 0.262 e. The molecule has 2 heterocycles. The van der Waals surface area contributed by atoms with Gasteiger partial charge in [-0.1, -0.05) is 34.6 Å². The summed E-state index contributed by atoms with van der Waals surface area (Å²) in [5.41, 5.74) is 6.25. The van der Waals surface area contributed by atoms with E-state index in [4.69, 9.17) is 18.8 Å². The molecule has 0 bridgehead atoms. The molecule has 0 atom stereocenters. The van der Waals surface area contributed by atoms with Crippen LogP contribution in [0.4, 0.5) is 5.69 Å². The predicted octanol–water partition coefficient (Wildman–Crippen LogP) is 4.73. The molecule has 9 heteroatoms. The summed E-state index contributed by atoms with van der Waals surface area (Å²) in [5.74, 6) is 1.86. The van der Waals surface area contributed by atoms with Gasteiger partial charge in [0.25, 0.3) is 5.91 Å². The maximum absolute atomic E-state index is 12.6. The Balaban J connectivity index is 1.35. The number of aromatic nitrogens is 2. The molecule has 190 valence electrons. The highest BCUT2D eigenvalue weighted by Crippen LogP contribution is 2.37. The van der Waals surface area contributed by atoms with Crippen molar-refractivity contribution < 1.29 is 23.6 Å². The second-order valence-corrected chi connectivity index (χ2v) is 9.07. The number of rotatable bonds is 9. The highest BCUT2D eigenvalue weighted by Gasteiger charge is 2.17. The number of benzene rings is 3. The topological polar surface area (TPSA) is 99.0 Å². The number of carbonyl (C=O) groups is 1. The fourth-order valence-corrected chi connectivity index (χ4v) is 4.16. The second-order valence-electron chi connectivity index (χ2n) is 9.07.